The Bertz CT molecular complexity index is 519. The van der Waals surface area contributed by atoms with Gasteiger partial charge in [-0.2, -0.15) is 5.10 Å². The van der Waals surface area contributed by atoms with Gasteiger partial charge >= 0.3 is 0 Å². The van der Waals surface area contributed by atoms with Crippen molar-refractivity contribution in [3.63, 3.8) is 0 Å². The van der Waals surface area contributed by atoms with Crippen LogP contribution >= 0.6 is 15.9 Å². The highest BCUT2D eigenvalue weighted by Gasteiger charge is 2.24. The third kappa shape index (κ3) is 3.81. The third-order valence-electron chi connectivity index (χ3n) is 4.12. The minimum absolute atomic E-state index is 0.0274. The average Bonchev–Trinajstić information content (AvgIpc) is 2.70. The molecule has 1 amide bonds. The SMILES string of the molecule is Cc1c(Br)c(C(F)F)nn1CC(=O)N[C@@H]1CCCC[C@@H]1C. The number of rotatable bonds is 4. The van der Waals surface area contributed by atoms with Crippen molar-refractivity contribution in [1.82, 2.24) is 15.1 Å². The number of nitrogens with zero attached hydrogens (tertiary/aromatic N) is 2. The smallest absolute Gasteiger partial charge is 0.283 e. The number of carbonyl (C=O) groups is 1. The molecule has 1 aliphatic carbocycles. The van der Waals surface area contributed by atoms with Gasteiger partial charge in [-0.05, 0) is 41.6 Å². The fourth-order valence-corrected chi connectivity index (χ4v) is 3.22. The van der Waals surface area contributed by atoms with Gasteiger partial charge in [0.1, 0.15) is 12.2 Å². The molecule has 2 rings (SSSR count). The topological polar surface area (TPSA) is 46.9 Å². The molecule has 1 fully saturated rings. The second kappa shape index (κ2) is 6.85. The van der Waals surface area contributed by atoms with E-state index in [1.807, 2.05) is 0 Å². The lowest BCUT2D eigenvalue weighted by Gasteiger charge is -2.29. The highest BCUT2D eigenvalue weighted by atomic mass is 79.9. The van der Waals surface area contributed by atoms with Crippen LogP contribution in [0, 0.1) is 12.8 Å². The second-order valence-corrected chi connectivity index (χ2v) is 6.47. The number of alkyl halides is 2. The van der Waals surface area contributed by atoms with Gasteiger partial charge < -0.3 is 5.32 Å². The molecule has 1 N–H and O–H groups in total. The first kappa shape index (κ1) is 16.4. The van der Waals surface area contributed by atoms with E-state index in [1.54, 1.807) is 6.92 Å². The van der Waals surface area contributed by atoms with Crippen molar-refractivity contribution in [2.24, 2.45) is 5.92 Å². The number of nitrogens with one attached hydrogen (secondary N) is 1. The van der Waals surface area contributed by atoms with Crippen LogP contribution in [0.4, 0.5) is 8.78 Å². The van der Waals surface area contributed by atoms with E-state index in [1.165, 1.54) is 11.1 Å². The highest BCUT2D eigenvalue weighted by molar-refractivity contribution is 9.10. The first-order chi connectivity index (χ1) is 9.90. The van der Waals surface area contributed by atoms with E-state index >= 15 is 0 Å². The van der Waals surface area contributed by atoms with Gasteiger partial charge in [0.05, 0.1) is 10.2 Å². The monoisotopic (exact) mass is 363 g/mol. The van der Waals surface area contributed by atoms with Gasteiger partial charge in [-0.3, -0.25) is 9.48 Å². The minimum atomic E-state index is -2.65. The maximum absolute atomic E-state index is 12.8. The standard InChI is InChI=1S/C14H20BrF2N3O/c1-8-5-3-4-6-10(8)18-11(21)7-20-9(2)12(15)13(19-20)14(16)17/h8,10,14H,3-7H2,1-2H3,(H,18,21)/t8-,10+/m0/s1. The molecule has 0 bridgehead atoms. The zero-order valence-electron chi connectivity index (χ0n) is 12.2. The summed E-state index contributed by atoms with van der Waals surface area (Å²) in [5.41, 5.74) is 0.225. The van der Waals surface area contributed by atoms with Gasteiger partial charge in [-0.1, -0.05) is 19.8 Å². The van der Waals surface area contributed by atoms with Crippen LogP contribution in [0.3, 0.4) is 0 Å². The number of hydrogen-bond donors (Lipinski definition) is 1. The van der Waals surface area contributed by atoms with Gasteiger partial charge in [0.25, 0.3) is 6.43 Å². The molecule has 0 aliphatic heterocycles. The molecule has 0 unspecified atom stereocenters. The summed E-state index contributed by atoms with van der Waals surface area (Å²) in [4.78, 5) is 12.1. The number of amides is 1. The number of halogens is 3. The van der Waals surface area contributed by atoms with E-state index in [9.17, 15) is 13.6 Å². The maximum atomic E-state index is 12.8. The van der Waals surface area contributed by atoms with Crippen molar-refractivity contribution in [2.45, 2.75) is 58.5 Å². The normalized spacial score (nSPS) is 22.6. The van der Waals surface area contributed by atoms with Crippen LogP contribution < -0.4 is 5.32 Å². The first-order valence-electron chi connectivity index (χ1n) is 7.20. The Balaban J connectivity index is 2.01. The van der Waals surface area contributed by atoms with Crippen LogP contribution in [-0.4, -0.2) is 21.7 Å². The predicted octanol–water partition coefficient (Wildman–Crippen LogP) is 3.59. The fraction of sp³-hybridized carbons (Fsp3) is 0.714. The Labute approximate surface area is 131 Å². The molecule has 1 aromatic rings. The van der Waals surface area contributed by atoms with Gasteiger partial charge in [0.2, 0.25) is 5.91 Å². The Hall–Kier alpha value is -0.980. The first-order valence-corrected chi connectivity index (χ1v) is 7.99. The van der Waals surface area contributed by atoms with Crippen LogP contribution in [0.2, 0.25) is 0 Å². The van der Waals surface area contributed by atoms with E-state index in [4.69, 9.17) is 0 Å². The summed E-state index contributed by atoms with van der Waals surface area (Å²) < 4.78 is 27.2. The summed E-state index contributed by atoms with van der Waals surface area (Å²) in [6.45, 7) is 3.77. The van der Waals surface area contributed by atoms with Crippen LogP contribution in [0.1, 0.15) is 50.4 Å². The summed E-state index contributed by atoms with van der Waals surface area (Å²) in [5.74, 6) is 0.289. The van der Waals surface area contributed by atoms with E-state index in [2.05, 4.69) is 33.3 Å². The van der Waals surface area contributed by atoms with Crippen molar-refractivity contribution >= 4 is 21.8 Å². The molecule has 1 aromatic heterocycles. The summed E-state index contributed by atoms with van der Waals surface area (Å²) in [6, 6.07) is 0.181. The van der Waals surface area contributed by atoms with Crippen LogP contribution in [0.25, 0.3) is 0 Å². The zero-order chi connectivity index (χ0) is 15.6. The van der Waals surface area contributed by atoms with Crippen molar-refractivity contribution in [3.05, 3.63) is 15.9 Å². The highest BCUT2D eigenvalue weighted by Crippen LogP contribution is 2.29. The number of carbonyl (C=O) groups excluding carboxylic acids is 1. The Morgan fingerprint density at radius 1 is 1.48 bits per heavy atom. The van der Waals surface area contributed by atoms with Crippen molar-refractivity contribution in [3.8, 4) is 0 Å². The average molecular weight is 364 g/mol. The molecule has 2 atom stereocenters. The fourth-order valence-electron chi connectivity index (χ4n) is 2.76. The van der Waals surface area contributed by atoms with Gasteiger partial charge in [0.15, 0.2) is 0 Å². The molecule has 0 saturated heterocycles. The molecule has 1 heterocycles. The molecular weight excluding hydrogens is 344 g/mol. The molecule has 0 radical (unpaired) electrons. The van der Waals surface area contributed by atoms with Gasteiger partial charge in [-0.15, -0.1) is 0 Å². The molecular formula is C14H20BrF2N3O. The van der Waals surface area contributed by atoms with Crippen LogP contribution in [0.5, 0.6) is 0 Å². The van der Waals surface area contributed by atoms with E-state index < -0.39 is 6.43 Å². The molecule has 21 heavy (non-hydrogen) atoms. The Kier molecular flexibility index (Phi) is 5.35. The second-order valence-electron chi connectivity index (χ2n) is 5.68. The largest absolute Gasteiger partial charge is 0.351 e. The minimum Gasteiger partial charge on any atom is -0.351 e. The Morgan fingerprint density at radius 3 is 2.71 bits per heavy atom. The van der Waals surface area contributed by atoms with Crippen molar-refractivity contribution < 1.29 is 13.6 Å². The van der Waals surface area contributed by atoms with Crippen LogP contribution in [0.15, 0.2) is 4.47 Å². The van der Waals surface area contributed by atoms with E-state index in [0.717, 1.165) is 19.3 Å². The van der Waals surface area contributed by atoms with E-state index in [0.29, 0.717) is 11.6 Å². The van der Waals surface area contributed by atoms with Crippen molar-refractivity contribution in [2.75, 3.05) is 0 Å². The third-order valence-corrected chi connectivity index (χ3v) is 5.10. The van der Waals surface area contributed by atoms with Crippen molar-refractivity contribution in [1.29, 1.82) is 0 Å². The number of hydrogen-bond acceptors (Lipinski definition) is 2. The zero-order valence-corrected chi connectivity index (χ0v) is 13.8. The predicted molar refractivity (Wildman–Crippen MR) is 79.2 cm³/mol. The number of aromatic nitrogens is 2. The molecule has 1 saturated carbocycles. The lowest BCUT2D eigenvalue weighted by Crippen LogP contribution is -2.42. The van der Waals surface area contributed by atoms with Gasteiger partial charge in [-0.25, -0.2) is 8.78 Å². The summed E-state index contributed by atoms with van der Waals surface area (Å²) in [5, 5.41) is 6.82. The molecule has 1 aliphatic rings. The molecule has 7 heteroatoms. The summed E-state index contributed by atoms with van der Waals surface area (Å²) in [6.07, 6.45) is 1.78. The Morgan fingerprint density at radius 2 is 2.14 bits per heavy atom. The molecule has 4 nitrogen and oxygen atoms in total. The molecule has 0 spiro atoms. The molecule has 0 aromatic carbocycles. The quantitative estimate of drug-likeness (QED) is 0.888. The van der Waals surface area contributed by atoms with Gasteiger partial charge in [0, 0.05) is 6.04 Å². The summed E-state index contributed by atoms with van der Waals surface area (Å²) >= 11 is 3.10. The lowest BCUT2D eigenvalue weighted by molar-refractivity contribution is -0.123. The maximum Gasteiger partial charge on any atom is 0.283 e. The summed E-state index contributed by atoms with van der Waals surface area (Å²) in [7, 11) is 0. The van der Waals surface area contributed by atoms with Crippen LogP contribution in [-0.2, 0) is 11.3 Å². The lowest BCUT2D eigenvalue weighted by atomic mass is 9.86. The van der Waals surface area contributed by atoms with E-state index in [-0.39, 0.29) is 28.7 Å². The molecule has 118 valence electrons.